The highest BCUT2D eigenvalue weighted by Gasteiger charge is 2.51. The van der Waals surface area contributed by atoms with Gasteiger partial charge in [0.1, 0.15) is 0 Å². The van der Waals surface area contributed by atoms with E-state index < -0.39 is 5.41 Å². The largest absolute Gasteiger partial charge is 0.392 e. The Kier molecular flexibility index (Phi) is 4.49. The van der Waals surface area contributed by atoms with Crippen LogP contribution in [0.15, 0.2) is 0 Å². The molecule has 1 amide bonds. The number of hydrogen-bond acceptors (Lipinski definition) is 2. The molecule has 0 bridgehead atoms. The minimum atomic E-state index is -0.558. The van der Waals surface area contributed by atoms with Crippen molar-refractivity contribution in [2.45, 2.75) is 64.8 Å². The zero-order chi connectivity index (χ0) is 14.0. The zero-order valence-corrected chi connectivity index (χ0v) is 12.9. The Hall–Kier alpha value is -0.640. The monoisotopic (exact) mass is 282 g/mol. The van der Waals surface area contributed by atoms with Crippen molar-refractivity contribution in [3.8, 4) is 0 Å². The summed E-state index contributed by atoms with van der Waals surface area (Å²) in [6.07, 6.45) is 8.02. The fourth-order valence-corrected chi connectivity index (χ4v) is 3.98. The number of thiocarbonyl (C=S) groups is 1. The SMILES string of the molecule is CC1CC(C(=O)NC(C)C2CCCCC2)(C(N)=S)C1. The molecule has 1 unspecified atom stereocenters. The third kappa shape index (κ3) is 2.93. The van der Waals surface area contributed by atoms with E-state index in [4.69, 9.17) is 18.0 Å². The molecule has 3 N–H and O–H groups in total. The maximum atomic E-state index is 12.5. The number of rotatable bonds is 4. The van der Waals surface area contributed by atoms with Crippen molar-refractivity contribution < 1.29 is 4.79 Å². The second kappa shape index (κ2) is 5.78. The summed E-state index contributed by atoms with van der Waals surface area (Å²) in [5, 5.41) is 3.19. The lowest BCUT2D eigenvalue weighted by molar-refractivity contribution is -0.134. The van der Waals surface area contributed by atoms with E-state index in [-0.39, 0.29) is 11.9 Å². The Balaban J connectivity index is 1.94. The molecular weight excluding hydrogens is 256 g/mol. The zero-order valence-electron chi connectivity index (χ0n) is 12.1. The summed E-state index contributed by atoms with van der Waals surface area (Å²) in [7, 11) is 0. The van der Waals surface area contributed by atoms with Gasteiger partial charge in [0.15, 0.2) is 0 Å². The van der Waals surface area contributed by atoms with Crippen molar-refractivity contribution in [1.29, 1.82) is 0 Å². The molecule has 0 heterocycles. The van der Waals surface area contributed by atoms with Gasteiger partial charge in [-0.3, -0.25) is 4.79 Å². The van der Waals surface area contributed by atoms with Crippen LogP contribution in [0.4, 0.5) is 0 Å². The molecule has 0 aliphatic heterocycles. The molecule has 2 rings (SSSR count). The van der Waals surface area contributed by atoms with Gasteiger partial charge in [-0.25, -0.2) is 0 Å². The summed E-state index contributed by atoms with van der Waals surface area (Å²) < 4.78 is 0. The lowest BCUT2D eigenvalue weighted by Crippen LogP contribution is -2.58. The van der Waals surface area contributed by atoms with Crippen LogP contribution in [0.2, 0.25) is 0 Å². The molecule has 2 aliphatic carbocycles. The van der Waals surface area contributed by atoms with Gasteiger partial charge in [0, 0.05) is 6.04 Å². The summed E-state index contributed by atoms with van der Waals surface area (Å²) in [6, 6.07) is 0.245. The molecule has 4 heteroatoms. The van der Waals surface area contributed by atoms with Crippen LogP contribution in [0, 0.1) is 17.3 Å². The van der Waals surface area contributed by atoms with Gasteiger partial charge in [0.25, 0.3) is 0 Å². The van der Waals surface area contributed by atoms with Gasteiger partial charge in [-0.2, -0.15) is 0 Å². The lowest BCUT2D eigenvalue weighted by atomic mass is 9.62. The Morgan fingerprint density at radius 2 is 1.89 bits per heavy atom. The van der Waals surface area contributed by atoms with Gasteiger partial charge >= 0.3 is 0 Å². The van der Waals surface area contributed by atoms with Crippen LogP contribution in [-0.4, -0.2) is 16.9 Å². The van der Waals surface area contributed by atoms with Crippen LogP contribution < -0.4 is 11.1 Å². The lowest BCUT2D eigenvalue weighted by Gasteiger charge is -2.45. The van der Waals surface area contributed by atoms with E-state index in [1.165, 1.54) is 32.1 Å². The van der Waals surface area contributed by atoms with Gasteiger partial charge in [-0.1, -0.05) is 38.4 Å². The summed E-state index contributed by atoms with van der Waals surface area (Å²) in [5.74, 6) is 1.24. The van der Waals surface area contributed by atoms with Crippen LogP contribution in [0.25, 0.3) is 0 Å². The third-order valence-corrected chi connectivity index (χ3v) is 5.41. The summed E-state index contributed by atoms with van der Waals surface area (Å²) in [6.45, 7) is 4.28. The highest BCUT2D eigenvalue weighted by Crippen LogP contribution is 2.46. The molecule has 19 heavy (non-hydrogen) atoms. The first kappa shape index (κ1) is 14.8. The van der Waals surface area contributed by atoms with E-state index in [0.29, 0.717) is 16.8 Å². The Bertz CT molecular complexity index is 357. The van der Waals surface area contributed by atoms with Crippen LogP contribution >= 0.6 is 12.2 Å². The van der Waals surface area contributed by atoms with Gasteiger partial charge < -0.3 is 11.1 Å². The standard InChI is InChI=1S/C15H26N2OS/c1-10-8-15(9-10,13(16)19)14(18)17-11(2)12-6-4-3-5-7-12/h10-12H,3-9H2,1-2H3,(H2,16,19)(H,17,18). The van der Waals surface area contributed by atoms with E-state index in [0.717, 1.165) is 12.8 Å². The van der Waals surface area contributed by atoms with E-state index in [2.05, 4.69) is 19.2 Å². The first-order valence-electron chi connectivity index (χ1n) is 7.56. The summed E-state index contributed by atoms with van der Waals surface area (Å²) >= 11 is 5.14. The van der Waals surface area contributed by atoms with Crippen molar-refractivity contribution in [2.75, 3.05) is 0 Å². The summed E-state index contributed by atoms with van der Waals surface area (Å²) in [5.41, 5.74) is 5.26. The average molecular weight is 282 g/mol. The molecule has 0 saturated heterocycles. The van der Waals surface area contributed by atoms with Crippen LogP contribution in [-0.2, 0) is 4.79 Å². The highest BCUT2D eigenvalue weighted by atomic mass is 32.1. The van der Waals surface area contributed by atoms with E-state index >= 15 is 0 Å². The Morgan fingerprint density at radius 1 is 1.32 bits per heavy atom. The van der Waals surface area contributed by atoms with Gasteiger partial charge in [-0.05, 0) is 44.4 Å². The summed E-state index contributed by atoms with van der Waals surface area (Å²) in [4.78, 5) is 12.9. The van der Waals surface area contributed by atoms with Gasteiger partial charge in [0.2, 0.25) is 5.91 Å². The number of nitrogens with one attached hydrogen (secondary N) is 1. The maximum Gasteiger partial charge on any atom is 0.233 e. The molecule has 1 atom stereocenters. The first-order valence-corrected chi connectivity index (χ1v) is 7.97. The van der Waals surface area contributed by atoms with Crippen LogP contribution in [0.3, 0.4) is 0 Å². The normalized spacial score (nSPS) is 33.3. The molecular formula is C15H26N2OS. The molecule has 2 fully saturated rings. The topological polar surface area (TPSA) is 55.1 Å². The molecule has 2 saturated carbocycles. The smallest absolute Gasteiger partial charge is 0.233 e. The number of carbonyl (C=O) groups is 1. The highest BCUT2D eigenvalue weighted by molar-refractivity contribution is 7.80. The fourth-order valence-electron chi connectivity index (χ4n) is 3.73. The molecule has 3 nitrogen and oxygen atoms in total. The van der Waals surface area contributed by atoms with Gasteiger partial charge in [0.05, 0.1) is 10.4 Å². The predicted molar refractivity (Wildman–Crippen MR) is 81.8 cm³/mol. The molecule has 0 aromatic carbocycles. The third-order valence-electron chi connectivity index (χ3n) is 5.02. The Morgan fingerprint density at radius 3 is 2.37 bits per heavy atom. The van der Waals surface area contributed by atoms with Crippen molar-refractivity contribution in [3.63, 3.8) is 0 Å². The fraction of sp³-hybridized carbons (Fsp3) is 0.867. The molecule has 2 aliphatic rings. The van der Waals surface area contributed by atoms with Crippen LogP contribution in [0.1, 0.15) is 58.8 Å². The number of carbonyl (C=O) groups excluding carboxylic acids is 1. The molecule has 108 valence electrons. The maximum absolute atomic E-state index is 12.5. The molecule has 0 aromatic rings. The first-order chi connectivity index (χ1) is 8.95. The molecule has 0 spiro atoms. The van der Waals surface area contributed by atoms with Crippen molar-refractivity contribution in [2.24, 2.45) is 23.0 Å². The van der Waals surface area contributed by atoms with E-state index in [9.17, 15) is 4.79 Å². The average Bonchev–Trinajstić information content (AvgIpc) is 2.35. The quantitative estimate of drug-likeness (QED) is 0.780. The number of amides is 1. The van der Waals surface area contributed by atoms with Crippen molar-refractivity contribution in [3.05, 3.63) is 0 Å². The van der Waals surface area contributed by atoms with E-state index in [1.54, 1.807) is 0 Å². The minimum absolute atomic E-state index is 0.0659. The predicted octanol–water partition coefficient (Wildman–Crippen LogP) is 2.77. The van der Waals surface area contributed by atoms with Gasteiger partial charge in [-0.15, -0.1) is 0 Å². The number of nitrogens with two attached hydrogens (primary N) is 1. The number of hydrogen-bond donors (Lipinski definition) is 2. The van der Waals surface area contributed by atoms with E-state index in [1.807, 2.05) is 0 Å². The minimum Gasteiger partial charge on any atom is -0.392 e. The second-order valence-corrected chi connectivity index (χ2v) is 7.06. The van der Waals surface area contributed by atoms with Crippen LogP contribution in [0.5, 0.6) is 0 Å². The molecule has 0 aromatic heterocycles. The second-order valence-electron chi connectivity index (χ2n) is 6.62. The Labute approximate surface area is 121 Å². The van der Waals surface area contributed by atoms with Crippen molar-refractivity contribution in [1.82, 2.24) is 5.32 Å². The van der Waals surface area contributed by atoms with Crippen molar-refractivity contribution >= 4 is 23.1 Å². The molecule has 0 radical (unpaired) electrons.